The van der Waals surface area contributed by atoms with Crippen LogP contribution >= 0.6 is 0 Å². The Morgan fingerprint density at radius 3 is 2.93 bits per heavy atom. The molecule has 1 unspecified atom stereocenters. The highest BCUT2D eigenvalue weighted by Gasteiger charge is 2.32. The van der Waals surface area contributed by atoms with Crippen LogP contribution in [-0.2, 0) is 11.8 Å². The molecule has 5 heteroatoms. The topological polar surface area (TPSA) is 81.1 Å². The second-order valence-corrected chi connectivity index (χ2v) is 3.73. The van der Waals surface area contributed by atoms with Gasteiger partial charge in [-0.2, -0.15) is 5.10 Å². The van der Waals surface area contributed by atoms with Crippen molar-refractivity contribution in [3.05, 3.63) is 17.5 Å². The second kappa shape index (κ2) is 3.09. The van der Waals surface area contributed by atoms with Crippen LogP contribution in [0.25, 0.3) is 0 Å². The van der Waals surface area contributed by atoms with Crippen LogP contribution in [0.3, 0.4) is 0 Å². The first-order chi connectivity index (χ1) is 6.59. The van der Waals surface area contributed by atoms with Gasteiger partial charge in [0.15, 0.2) is 0 Å². The summed E-state index contributed by atoms with van der Waals surface area (Å²) in [5.74, 6) is -0.573. The summed E-state index contributed by atoms with van der Waals surface area (Å²) in [7, 11) is 1.78. The molecule has 1 aromatic rings. The number of rotatable bonds is 3. The van der Waals surface area contributed by atoms with Gasteiger partial charge in [-0.3, -0.25) is 9.48 Å². The van der Waals surface area contributed by atoms with Crippen molar-refractivity contribution in [2.45, 2.75) is 24.8 Å². The minimum Gasteiger partial charge on any atom is -0.480 e. The highest BCUT2D eigenvalue weighted by atomic mass is 16.4. The number of carboxylic acid groups (broad SMARTS) is 1. The fourth-order valence-corrected chi connectivity index (χ4v) is 1.57. The number of aliphatic carboxylic acids is 1. The molecule has 0 amide bonds. The van der Waals surface area contributed by atoms with Gasteiger partial charge >= 0.3 is 5.97 Å². The van der Waals surface area contributed by atoms with E-state index in [1.807, 2.05) is 0 Å². The minimum absolute atomic E-state index is 0.427. The van der Waals surface area contributed by atoms with Crippen molar-refractivity contribution in [2.24, 2.45) is 12.8 Å². The summed E-state index contributed by atoms with van der Waals surface area (Å²) in [6.45, 7) is 0. The number of carbonyl (C=O) groups is 1. The summed E-state index contributed by atoms with van der Waals surface area (Å²) in [4.78, 5) is 10.7. The Labute approximate surface area is 81.5 Å². The maximum absolute atomic E-state index is 10.7. The normalized spacial score (nSPS) is 18.1. The minimum atomic E-state index is -1.00. The van der Waals surface area contributed by atoms with Crippen molar-refractivity contribution < 1.29 is 9.90 Å². The van der Waals surface area contributed by atoms with Crippen molar-refractivity contribution in [1.29, 1.82) is 0 Å². The summed E-state index contributed by atoms with van der Waals surface area (Å²) < 4.78 is 1.63. The standard InChI is InChI=1S/C9H13N3O2/c1-12-4-6(7(10)9(13)14)8(11-12)5-2-3-5/h4-5,7H,2-3,10H2,1H3,(H,13,14). The van der Waals surface area contributed by atoms with E-state index in [0.29, 0.717) is 11.5 Å². The molecule has 1 aromatic heterocycles. The molecule has 1 aliphatic rings. The van der Waals surface area contributed by atoms with Crippen LogP contribution in [-0.4, -0.2) is 20.9 Å². The molecule has 3 N–H and O–H groups in total. The lowest BCUT2D eigenvalue weighted by atomic mass is 10.1. The Morgan fingerprint density at radius 1 is 1.79 bits per heavy atom. The smallest absolute Gasteiger partial charge is 0.325 e. The maximum atomic E-state index is 10.7. The van der Waals surface area contributed by atoms with E-state index in [-0.39, 0.29) is 0 Å². The summed E-state index contributed by atoms with van der Waals surface area (Å²) in [6, 6.07) is -0.945. The van der Waals surface area contributed by atoms with E-state index >= 15 is 0 Å². The van der Waals surface area contributed by atoms with Crippen molar-refractivity contribution in [3.8, 4) is 0 Å². The van der Waals surface area contributed by atoms with Crippen LogP contribution in [0.15, 0.2) is 6.20 Å². The zero-order valence-electron chi connectivity index (χ0n) is 7.97. The van der Waals surface area contributed by atoms with Crippen LogP contribution in [0.1, 0.15) is 36.1 Å². The molecule has 1 heterocycles. The highest BCUT2D eigenvalue weighted by Crippen LogP contribution is 2.41. The molecular weight excluding hydrogens is 182 g/mol. The fraction of sp³-hybridized carbons (Fsp3) is 0.556. The first-order valence-corrected chi connectivity index (χ1v) is 4.61. The molecule has 5 nitrogen and oxygen atoms in total. The van der Waals surface area contributed by atoms with Gasteiger partial charge < -0.3 is 10.8 Å². The average Bonchev–Trinajstić information content (AvgIpc) is 2.88. The van der Waals surface area contributed by atoms with Crippen LogP contribution in [0, 0.1) is 0 Å². The first kappa shape index (κ1) is 9.21. The van der Waals surface area contributed by atoms with Crippen LogP contribution in [0.2, 0.25) is 0 Å². The van der Waals surface area contributed by atoms with Crippen LogP contribution < -0.4 is 5.73 Å². The molecule has 0 aliphatic heterocycles. The summed E-state index contributed by atoms with van der Waals surface area (Å²) in [6.07, 6.45) is 3.89. The lowest BCUT2D eigenvalue weighted by Crippen LogP contribution is -2.21. The van der Waals surface area contributed by atoms with Crippen LogP contribution in [0.5, 0.6) is 0 Å². The quantitative estimate of drug-likeness (QED) is 0.730. The van der Waals surface area contributed by atoms with Crippen molar-refractivity contribution in [2.75, 3.05) is 0 Å². The number of nitrogens with zero attached hydrogens (tertiary/aromatic N) is 2. The van der Waals surface area contributed by atoms with Crippen molar-refractivity contribution in [1.82, 2.24) is 9.78 Å². The molecule has 0 radical (unpaired) electrons. The number of aryl methyl sites for hydroxylation is 1. The first-order valence-electron chi connectivity index (χ1n) is 4.61. The predicted octanol–water partition coefficient (Wildman–Crippen LogP) is 0.382. The van der Waals surface area contributed by atoms with E-state index in [4.69, 9.17) is 10.8 Å². The Hall–Kier alpha value is -1.36. The molecule has 0 aromatic carbocycles. The SMILES string of the molecule is Cn1cc(C(N)C(=O)O)c(C2CC2)n1. The Morgan fingerprint density at radius 2 is 2.43 bits per heavy atom. The molecule has 1 atom stereocenters. The maximum Gasteiger partial charge on any atom is 0.325 e. The zero-order valence-corrected chi connectivity index (χ0v) is 7.97. The van der Waals surface area contributed by atoms with E-state index in [9.17, 15) is 4.79 Å². The molecule has 14 heavy (non-hydrogen) atoms. The van der Waals surface area contributed by atoms with Crippen LogP contribution in [0.4, 0.5) is 0 Å². The Balaban J connectivity index is 2.35. The largest absolute Gasteiger partial charge is 0.480 e. The van der Waals surface area contributed by atoms with Gasteiger partial charge in [-0.1, -0.05) is 0 Å². The van der Waals surface area contributed by atoms with Gasteiger partial charge in [0.25, 0.3) is 0 Å². The molecule has 1 saturated carbocycles. The second-order valence-electron chi connectivity index (χ2n) is 3.73. The van der Waals surface area contributed by atoms with E-state index < -0.39 is 12.0 Å². The lowest BCUT2D eigenvalue weighted by Gasteiger charge is -2.04. The van der Waals surface area contributed by atoms with Gasteiger partial charge in [-0.15, -0.1) is 0 Å². The van der Waals surface area contributed by atoms with Gasteiger partial charge in [0.05, 0.1) is 5.69 Å². The van der Waals surface area contributed by atoms with E-state index in [1.54, 1.807) is 17.9 Å². The Bertz CT molecular complexity index is 368. The zero-order chi connectivity index (χ0) is 10.3. The third-order valence-electron chi connectivity index (χ3n) is 2.45. The Kier molecular flexibility index (Phi) is 2.03. The monoisotopic (exact) mass is 195 g/mol. The molecule has 0 spiro atoms. The van der Waals surface area contributed by atoms with Crippen molar-refractivity contribution >= 4 is 5.97 Å². The number of nitrogens with two attached hydrogens (primary N) is 1. The third-order valence-corrected chi connectivity index (χ3v) is 2.45. The third kappa shape index (κ3) is 1.50. The van der Waals surface area contributed by atoms with E-state index in [0.717, 1.165) is 18.5 Å². The molecule has 0 bridgehead atoms. The van der Waals surface area contributed by atoms with Gasteiger partial charge in [0.2, 0.25) is 0 Å². The number of carboxylic acids is 1. The summed E-state index contributed by atoms with van der Waals surface area (Å²) in [5, 5.41) is 13.1. The lowest BCUT2D eigenvalue weighted by molar-refractivity contribution is -0.138. The number of hydrogen-bond donors (Lipinski definition) is 2. The van der Waals surface area contributed by atoms with Gasteiger partial charge in [-0.05, 0) is 12.8 Å². The predicted molar refractivity (Wildman–Crippen MR) is 49.7 cm³/mol. The van der Waals surface area contributed by atoms with Crippen molar-refractivity contribution in [3.63, 3.8) is 0 Å². The van der Waals surface area contributed by atoms with E-state index in [1.165, 1.54) is 0 Å². The highest BCUT2D eigenvalue weighted by molar-refractivity contribution is 5.75. The summed E-state index contributed by atoms with van der Waals surface area (Å²) >= 11 is 0. The molecule has 1 fully saturated rings. The van der Waals surface area contributed by atoms with E-state index in [2.05, 4.69) is 5.10 Å². The number of aromatic nitrogens is 2. The number of hydrogen-bond acceptors (Lipinski definition) is 3. The summed E-state index contributed by atoms with van der Waals surface area (Å²) in [5.41, 5.74) is 7.08. The van der Waals surface area contributed by atoms with Gasteiger partial charge in [-0.25, -0.2) is 0 Å². The van der Waals surface area contributed by atoms with Gasteiger partial charge in [0.1, 0.15) is 6.04 Å². The fourth-order valence-electron chi connectivity index (χ4n) is 1.57. The van der Waals surface area contributed by atoms with Gasteiger partial charge in [0, 0.05) is 24.7 Å². The molecule has 0 saturated heterocycles. The molecular formula is C9H13N3O2. The molecule has 76 valence electrons. The molecule has 1 aliphatic carbocycles. The average molecular weight is 195 g/mol. The molecule has 2 rings (SSSR count).